The summed E-state index contributed by atoms with van der Waals surface area (Å²) in [5.41, 5.74) is 0. The average molecular weight is 188 g/mol. The quantitative estimate of drug-likeness (QED) is 0.564. The van der Waals surface area contributed by atoms with Crippen molar-refractivity contribution in [2.45, 2.75) is 46.0 Å². The lowest BCUT2D eigenvalue weighted by Crippen LogP contribution is -2.06. The van der Waals surface area contributed by atoms with Crippen molar-refractivity contribution in [3.05, 3.63) is 0 Å². The highest BCUT2D eigenvalue weighted by Crippen LogP contribution is 2.02. The molecule has 0 heterocycles. The molecule has 0 bridgehead atoms. The van der Waals surface area contributed by atoms with Crippen LogP contribution in [0.25, 0.3) is 0 Å². The standard InChI is InChI=1S/C11H24O2/c1-3-4-5-6-8-13-9-7-11(2)10-12/h11-12H,3-10H2,1-2H3. The smallest absolute Gasteiger partial charge is 0.0469 e. The molecule has 0 spiro atoms. The Morgan fingerprint density at radius 1 is 1.15 bits per heavy atom. The van der Waals surface area contributed by atoms with E-state index in [0.29, 0.717) is 5.92 Å². The molecule has 0 aliphatic carbocycles. The van der Waals surface area contributed by atoms with Crippen LogP contribution in [0, 0.1) is 5.92 Å². The van der Waals surface area contributed by atoms with Crippen LogP contribution in [0.5, 0.6) is 0 Å². The fraction of sp³-hybridized carbons (Fsp3) is 1.00. The SMILES string of the molecule is CCCCCCOCCC(C)CO. The van der Waals surface area contributed by atoms with Crippen LogP contribution in [0.4, 0.5) is 0 Å². The Balaban J connectivity index is 2.91. The zero-order valence-electron chi connectivity index (χ0n) is 9.09. The van der Waals surface area contributed by atoms with Crippen molar-refractivity contribution in [1.29, 1.82) is 0 Å². The van der Waals surface area contributed by atoms with E-state index in [1.165, 1.54) is 25.7 Å². The largest absolute Gasteiger partial charge is 0.396 e. The minimum Gasteiger partial charge on any atom is -0.396 e. The zero-order valence-corrected chi connectivity index (χ0v) is 9.09. The summed E-state index contributed by atoms with van der Waals surface area (Å²) in [6.07, 6.45) is 6.04. The van der Waals surface area contributed by atoms with Gasteiger partial charge in [-0.15, -0.1) is 0 Å². The van der Waals surface area contributed by atoms with Gasteiger partial charge in [0.1, 0.15) is 0 Å². The Morgan fingerprint density at radius 2 is 1.92 bits per heavy atom. The van der Waals surface area contributed by atoms with Gasteiger partial charge in [0.25, 0.3) is 0 Å². The first-order chi connectivity index (χ1) is 6.31. The molecule has 0 aromatic heterocycles. The number of hydrogen-bond donors (Lipinski definition) is 1. The van der Waals surface area contributed by atoms with Crippen LogP contribution in [-0.4, -0.2) is 24.9 Å². The topological polar surface area (TPSA) is 29.5 Å². The molecule has 2 nitrogen and oxygen atoms in total. The van der Waals surface area contributed by atoms with Crippen molar-refractivity contribution in [2.75, 3.05) is 19.8 Å². The van der Waals surface area contributed by atoms with E-state index >= 15 is 0 Å². The van der Waals surface area contributed by atoms with Crippen LogP contribution in [0.15, 0.2) is 0 Å². The van der Waals surface area contributed by atoms with Gasteiger partial charge in [-0.3, -0.25) is 0 Å². The minimum atomic E-state index is 0.277. The molecule has 0 saturated carbocycles. The minimum absolute atomic E-state index is 0.277. The maximum atomic E-state index is 8.75. The Bertz CT molecular complexity index is 94.1. The molecule has 0 fully saturated rings. The molecule has 0 amide bonds. The highest BCUT2D eigenvalue weighted by molar-refractivity contribution is 4.48. The van der Waals surface area contributed by atoms with E-state index in [1.807, 2.05) is 6.92 Å². The molecule has 0 aliphatic heterocycles. The van der Waals surface area contributed by atoms with Gasteiger partial charge in [0.2, 0.25) is 0 Å². The van der Waals surface area contributed by atoms with E-state index < -0.39 is 0 Å². The summed E-state index contributed by atoms with van der Waals surface area (Å²) in [7, 11) is 0. The van der Waals surface area contributed by atoms with E-state index in [9.17, 15) is 0 Å². The lowest BCUT2D eigenvalue weighted by Gasteiger charge is -2.07. The Labute approximate surface area is 82.3 Å². The normalized spacial score (nSPS) is 13.2. The molecule has 0 radical (unpaired) electrons. The number of hydrogen-bond acceptors (Lipinski definition) is 2. The first kappa shape index (κ1) is 12.9. The highest BCUT2D eigenvalue weighted by atomic mass is 16.5. The number of ether oxygens (including phenoxy) is 1. The zero-order chi connectivity index (χ0) is 9.94. The van der Waals surface area contributed by atoms with Crippen LogP contribution in [0.3, 0.4) is 0 Å². The van der Waals surface area contributed by atoms with E-state index in [1.54, 1.807) is 0 Å². The summed E-state index contributed by atoms with van der Waals surface area (Å²) in [6.45, 7) is 6.22. The lowest BCUT2D eigenvalue weighted by atomic mass is 10.1. The molecule has 80 valence electrons. The summed E-state index contributed by atoms with van der Waals surface area (Å²) in [5.74, 6) is 0.385. The van der Waals surface area contributed by atoms with Crippen molar-refractivity contribution in [3.8, 4) is 0 Å². The molecular weight excluding hydrogens is 164 g/mol. The van der Waals surface area contributed by atoms with E-state index in [-0.39, 0.29) is 6.61 Å². The summed E-state index contributed by atoms with van der Waals surface area (Å²) in [4.78, 5) is 0. The maximum absolute atomic E-state index is 8.75. The first-order valence-corrected chi connectivity index (χ1v) is 5.49. The second kappa shape index (κ2) is 10.0. The van der Waals surface area contributed by atoms with E-state index in [2.05, 4.69) is 6.92 Å². The van der Waals surface area contributed by atoms with Crippen LogP contribution < -0.4 is 0 Å². The second-order valence-corrected chi connectivity index (χ2v) is 3.75. The van der Waals surface area contributed by atoms with E-state index in [4.69, 9.17) is 9.84 Å². The third-order valence-electron chi connectivity index (χ3n) is 2.21. The van der Waals surface area contributed by atoms with Gasteiger partial charge >= 0.3 is 0 Å². The van der Waals surface area contributed by atoms with E-state index in [0.717, 1.165) is 19.6 Å². The van der Waals surface area contributed by atoms with Crippen LogP contribution in [-0.2, 0) is 4.74 Å². The van der Waals surface area contributed by atoms with Crippen molar-refractivity contribution < 1.29 is 9.84 Å². The van der Waals surface area contributed by atoms with Crippen molar-refractivity contribution in [1.82, 2.24) is 0 Å². The fourth-order valence-electron chi connectivity index (χ4n) is 1.11. The van der Waals surface area contributed by atoms with Gasteiger partial charge in [0.05, 0.1) is 0 Å². The predicted molar refractivity (Wildman–Crippen MR) is 55.8 cm³/mol. The number of aliphatic hydroxyl groups excluding tert-OH is 1. The Kier molecular flexibility index (Phi) is 9.94. The molecule has 0 aliphatic rings. The maximum Gasteiger partial charge on any atom is 0.0469 e. The monoisotopic (exact) mass is 188 g/mol. The van der Waals surface area contributed by atoms with Crippen molar-refractivity contribution in [3.63, 3.8) is 0 Å². The molecule has 0 saturated heterocycles. The summed E-state index contributed by atoms with van der Waals surface area (Å²) >= 11 is 0. The van der Waals surface area contributed by atoms with Crippen LogP contribution >= 0.6 is 0 Å². The first-order valence-electron chi connectivity index (χ1n) is 5.49. The van der Waals surface area contributed by atoms with Crippen LogP contribution in [0.1, 0.15) is 46.0 Å². The molecule has 13 heavy (non-hydrogen) atoms. The average Bonchev–Trinajstić information content (AvgIpc) is 2.16. The lowest BCUT2D eigenvalue weighted by molar-refractivity contribution is 0.107. The van der Waals surface area contributed by atoms with Gasteiger partial charge in [-0.25, -0.2) is 0 Å². The third kappa shape index (κ3) is 9.84. The number of aliphatic hydroxyl groups is 1. The summed E-state index contributed by atoms with van der Waals surface area (Å²) in [5, 5.41) is 8.75. The van der Waals surface area contributed by atoms with Gasteiger partial charge < -0.3 is 9.84 Å². The molecule has 2 heteroatoms. The predicted octanol–water partition coefficient (Wildman–Crippen LogP) is 2.60. The molecule has 1 N–H and O–H groups in total. The molecule has 0 aromatic rings. The molecule has 0 aromatic carbocycles. The van der Waals surface area contributed by atoms with Crippen molar-refractivity contribution >= 4 is 0 Å². The summed E-state index contributed by atoms with van der Waals surface area (Å²) < 4.78 is 5.44. The highest BCUT2D eigenvalue weighted by Gasteiger charge is 1.98. The number of unbranched alkanes of at least 4 members (excludes halogenated alkanes) is 3. The fourth-order valence-corrected chi connectivity index (χ4v) is 1.11. The Hall–Kier alpha value is -0.0800. The molecule has 1 atom stereocenters. The van der Waals surface area contributed by atoms with Crippen LogP contribution in [0.2, 0.25) is 0 Å². The van der Waals surface area contributed by atoms with Gasteiger partial charge in [0, 0.05) is 19.8 Å². The van der Waals surface area contributed by atoms with Gasteiger partial charge in [0.15, 0.2) is 0 Å². The Morgan fingerprint density at radius 3 is 2.54 bits per heavy atom. The van der Waals surface area contributed by atoms with Gasteiger partial charge in [-0.2, -0.15) is 0 Å². The summed E-state index contributed by atoms with van der Waals surface area (Å²) in [6, 6.07) is 0. The molecule has 0 rings (SSSR count). The molecular formula is C11H24O2. The molecule has 1 unspecified atom stereocenters. The van der Waals surface area contributed by atoms with Crippen molar-refractivity contribution in [2.24, 2.45) is 5.92 Å². The number of rotatable bonds is 9. The van der Waals surface area contributed by atoms with Gasteiger partial charge in [-0.1, -0.05) is 33.1 Å². The second-order valence-electron chi connectivity index (χ2n) is 3.75. The third-order valence-corrected chi connectivity index (χ3v) is 2.21. The van der Waals surface area contributed by atoms with Gasteiger partial charge in [-0.05, 0) is 18.8 Å².